The molecule has 0 aliphatic heterocycles. The van der Waals surface area contributed by atoms with Gasteiger partial charge in [0.2, 0.25) is 0 Å². The van der Waals surface area contributed by atoms with Crippen molar-refractivity contribution in [3.8, 4) is 5.75 Å². The van der Waals surface area contributed by atoms with Gasteiger partial charge in [-0.3, -0.25) is 0 Å². The van der Waals surface area contributed by atoms with Gasteiger partial charge >= 0.3 is 0 Å². The topological polar surface area (TPSA) is 40.5 Å². The zero-order valence-electron chi connectivity index (χ0n) is 10.8. The second kappa shape index (κ2) is 6.09. The average Bonchev–Trinajstić information content (AvgIpc) is 2.42. The Bertz CT molecular complexity index is 566. The first-order valence-corrected chi connectivity index (χ1v) is 6.65. The van der Waals surface area contributed by atoms with Crippen molar-refractivity contribution in [3.63, 3.8) is 0 Å². The van der Waals surface area contributed by atoms with Crippen LogP contribution in [0.5, 0.6) is 5.75 Å². The minimum Gasteiger partial charge on any atom is -0.508 e. The van der Waals surface area contributed by atoms with E-state index >= 15 is 0 Å². The van der Waals surface area contributed by atoms with Gasteiger partial charge in [-0.1, -0.05) is 48.9 Å². The standard InChI is InChI=1S/C16H17ClO2/c1-11(10-18)12-6-7-16(19)14(8-12)9-13-4-2-3-5-15(13)17/h2-8,11,18-19H,9-10H2,1H3. The number of aromatic hydroxyl groups is 1. The highest BCUT2D eigenvalue weighted by Crippen LogP contribution is 2.27. The number of hydrogen-bond donors (Lipinski definition) is 2. The molecule has 2 N–H and O–H groups in total. The Morgan fingerprint density at radius 3 is 2.53 bits per heavy atom. The fourth-order valence-electron chi connectivity index (χ4n) is 2.01. The van der Waals surface area contributed by atoms with Crippen LogP contribution < -0.4 is 0 Å². The number of aliphatic hydroxyl groups is 1. The first-order chi connectivity index (χ1) is 9.11. The van der Waals surface area contributed by atoms with Crippen molar-refractivity contribution in [3.05, 3.63) is 64.2 Å². The quantitative estimate of drug-likeness (QED) is 0.893. The summed E-state index contributed by atoms with van der Waals surface area (Å²) in [5.74, 6) is 0.319. The number of phenolic OH excluding ortho intramolecular Hbond substituents is 1. The summed E-state index contributed by atoms with van der Waals surface area (Å²) >= 11 is 6.13. The van der Waals surface area contributed by atoms with Gasteiger partial charge in [0.05, 0.1) is 0 Å². The van der Waals surface area contributed by atoms with Gasteiger partial charge in [0.15, 0.2) is 0 Å². The smallest absolute Gasteiger partial charge is 0.119 e. The van der Waals surface area contributed by atoms with Gasteiger partial charge in [-0.2, -0.15) is 0 Å². The van der Waals surface area contributed by atoms with Crippen LogP contribution in [0, 0.1) is 0 Å². The highest BCUT2D eigenvalue weighted by atomic mass is 35.5. The van der Waals surface area contributed by atoms with Crippen LogP contribution in [0.3, 0.4) is 0 Å². The van der Waals surface area contributed by atoms with Crippen LogP contribution in [-0.2, 0) is 6.42 Å². The Morgan fingerprint density at radius 2 is 1.84 bits per heavy atom. The predicted molar refractivity (Wildman–Crippen MR) is 77.9 cm³/mol. The minimum absolute atomic E-state index is 0.0607. The van der Waals surface area contributed by atoms with Crippen molar-refractivity contribution in [1.29, 1.82) is 0 Å². The molecule has 19 heavy (non-hydrogen) atoms. The summed E-state index contributed by atoms with van der Waals surface area (Å²) in [4.78, 5) is 0. The van der Waals surface area contributed by atoms with E-state index in [1.807, 2.05) is 43.3 Å². The van der Waals surface area contributed by atoms with E-state index in [1.54, 1.807) is 6.07 Å². The van der Waals surface area contributed by atoms with Crippen LogP contribution in [0.1, 0.15) is 29.5 Å². The zero-order chi connectivity index (χ0) is 13.8. The van der Waals surface area contributed by atoms with E-state index in [4.69, 9.17) is 11.6 Å². The van der Waals surface area contributed by atoms with Gasteiger partial charge in [0, 0.05) is 24.0 Å². The Labute approximate surface area is 118 Å². The molecule has 2 aromatic carbocycles. The third-order valence-electron chi connectivity index (χ3n) is 3.29. The second-order valence-corrected chi connectivity index (χ2v) is 5.15. The molecule has 2 aromatic rings. The molecule has 0 amide bonds. The van der Waals surface area contributed by atoms with Crippen molar-refractivity contribution in [2.75, 3.05) is 6.61 Å². The lowest BCUT2D eigenvalue weighted by molar-refractivity contribution is 0.273. The molecular weight excluding hydrogens is 260 g/mol. The van der Waals surface area contributed by atoms with E-state index in [2.05, 4.69) is 0 Å². The first-order valence-electron chi connectivity index (χ1n) is 6.28. The Hall–Kier alpha value is -1.51. The van der Waals surface area contributed by atoms with E-state index in [0.717, 1.165) is 16.7 Å². The average molecular weight is 277 g/mol. The van der Waals surface area contributed by atoms with Crippen molar-refractivity contribution >= 4 is 11.6 Å². The molecule has 0 aliphatic rings. The number of halogens is 1. The summed E-state index contributed by atoms with van der Waals surface area (Å²) in [6.45, 7) is 2.04. The summed E-state index contributed by atoms with van der Waals surface area (Å²) in [7, 11) is 0. The molecule has 0 radical (unpaired) electrons. The number of aliphatic hydroxyl groups excluding tert-OH is 1. The lowest BCUT2D eigenvalue weighted by Crippen LogP contribution is -2.00. The van der Waals surface area contributed by atoms with Crippen LogP contribution in [0.4, 0.5) is 0 Å². The highest BCUT2D eigenvalue weighted by Gasteiger charge is 2.10. The maximum absolute atomic E-state index is 9.94. The number of phenols is 1. The Balaban J connectivity index is 2.32. The van der Waals surface area contributed by atoms with E-state index in [9.17, 15) is 10.2 Å². The molecule has 0 aromatic heterocycles. The third kappa shape index (κ3) is 3.28. The van der Waals surface area contributed by atoms with Crippen LogP contribution in [0.2, 0.25) is 5.02 Å². The summed E-state index contributed by atoms with van der Waals surface area (Å²) in [5, 5.41) is 19.8. The zero-order valence-corrected chi connectivity index (χ0v) is 11.6. The minimum atomic E-state index is 0.0607. The largest absolute Gasteiger partial charge is 0.508 e. The van der Waals surface area contributed by atoms with Crippen molar-refractivity contribution in [2.24, 2.45) is 0 Å². The lowest BCUT2D eigenvalue weighted by atomic mass is 9.96. The van der Waals surface area contributed by atoms with Gasteiger partial charge < -0.3 is 10.2 Å². The molecule has 3 heteroatoms. The maximum atomic E-state index is 9.94. The van der Waals surface area contributed by atoms with Crippen molar-refractivity contribution in [1.82, 2.24) is 0 Å². The monoisotopic (exact) mass is 276 g/mol. The molecule has 0 fully saturated rings. The molecule has 0 bridgehead atoms. The number of hydrogen-bond acceptors (Lipinski definition) is 2. The summed E-state index contributed by atoms with van der Waals surface area (Å²) < 4.78 is 0. The lowest BCUT2D eigenvalue weighted by Gasteiger charge is -2.12. The number of benzene rings is 2. The molecule has 0 spiro atoms. The molecule has 0 saturated heterocycles. The maximum Gasteiger partial charge on any atom is 0.119 e. The fraction of sp³-hybridized carbons (Fsp3) is 0.250. The van der Waals surface area contributed by atoms with Gasteiger partial charge in [-0.05, 0) is 28.8 Å². The van der Waals surface area contributed by atoms with Gasteiger partial charge in [-0.25, -0.2) is 0 Å². The molecule has 1 atom stereocenters. The van der Waals surface area contributed by atoms with E-state index in [0.29, 0.717) is 11.4 Å². The van der Waals surface area contributed by atoms with Crippen LogP contribution >= 0.6 is 11.6 Å². The first kappa shape index (κ1) is 13.9. The van der Waals surface area contributed by atoms with Gasteiger partial charge in [0.1, 0.15) is 5.75 Å². The highest BCUT2D eigenvalue weighted by molar-refractivity contribution is 6.31. The Kier molecular flexibility index (Phi) is 4.46. The third-order valence-corrected chi connectivity index (χ3v) is 3.65. The second-order valence-electron chi connectivity index (χ2n) is 4.74. The normalized spacial score (nSPS) is 12.4. The van der Waals surface area contributed by atoms with E-state index in [-0.39, 0.29) is 18.3 Å². The summed E-state index contributed by atoms with van der Waals surface area (Å²) in [5.41, 5.74) is 2.82. The molecule has 100 valence electrons. The number of rotatable bonds is 4. The van der Waals surface area contributed by atoms with Crippen LogP contribution in [0.25, 0.3) is 0 Å². The molecular formula is C16H17ClO2. The van der Waals surface area contributed by atoms with E-state index in [1.165, 1.54) is 0 Å². The fourth-order valence-corrected chi connectivity index (χ4v) is 2.21. The predicted octanol–water partition coefficient (Wildman–Crippen LogP) is 3.73. The molecule has 0 aliphatic carbocycles. The van der Waals surface area contributed by atoms with Crippen molar-refractivity contribution < 1.29 is 10.2 Å². The molecule has 0 heterocycles. The summed E-state index contributed by atoms with van der Waals surface area (Å²) in [6.07, 6.45) is 0.581. The molecule has 2 nitrogen and oxygen atoms in total. The molecule has 0 saturated carbocycles. The Morgan fingerprint density at radius 1 is 1.11 bits per heavy atom. The van der Waals surface area contributed by atoms with Crippen molar-refractivity contribution in [2.45, 2.75) is 19.3 Å². The van der Waals surface area contributed by atoms with Gasteiger partial charge in [0.25, 0.3) is 0 Å². The van der Waals surface area contributed by atoms with Crippen LogP contribution in [0.15, 0.2) is 42.5 Å². The SMILES string of the molecule is CC(CO)c1ccc(O)c(Cc2ccccc2Cl)c1. The molecule has 1 unspecified atom stereocenters. The van der Waals surface area contributed by atoms with Gasteiger partial charge in [-0.15, -0.1) is 0 Å². The van der Waals surface area contributed by atoms with Crippen LogP contribution in [-0.4, -0.2) is 16.8 Å². The summed E-state index contributed by atoms with van der Waals surface area (Å²) in [6, 6.07) is 13.0. The van der Waals surface area contributed by atoms with E-state index < -0.39 is 0 Å². The molecule has 2 rings (SSSR count).